The lowest BCUT2D eigenvalue weighted by molar-refractivity contribution is 0.0336. The minimum absolute atomic E-state index is 0.197. The average molecular weight is 202 g/mol. The molecule has 0 heterocycles. The van der Waals surface area contributed by atoms with Crippen molar-refractivity contribution in [3.63, 3.8) is 0 Å². The molecule has 0 bridgehead atoms. The van der Waals surface area contributed by atoms with Gasteiger partial charge >= 0.3 is 0 Å². The molecule has 0 radical (unpaired) electrons. The van der Waals surface area contributed by atoms with Crippen LogP contribution in [0.4, 0.5) is 0 Å². The highest BCUT2D eigenvalue weighted by atomic mass is 16.5. The van der Waals surface area contributed by atoms with Crippen LogP contribution in [0.5, 0.6) is 0 Å². The Morgan fingerprint density at radius 2 is 2.07 bits per heavy atom. The number of ether oxygens (including phenoxy) is 1. The van der Waals surface area contributed by atoms with Crippen LogP contribution in [0, 0.1) is 34.0 Å². The third-order valence-corrected chi connectivity index (χ3v) is 3.00. The van der Waals surface area contributed by atoms with Crippen LogP contribution in [-0.2, 0) is 4.74 Å². The highest BCUT2D eigenvalue weighted by Crippen LogP contribution is 2.40. The maximum absolute atomic E-state index is 9.00. The molecule has 15 heavy (non-hydrogen) atoms. The summed E-state index contributed by atoms with van der Waals surface area (Å²) in [6.45, 7) is 1.97. The summed E-state index contributed by atoms with van der Waals surface area (Å²) in [5.74, 6) is -0.673. The van der Waals surface area contributed by atoms with Crippen LogP contribution in [0.25, 0.3) is 0 Å². The van der Waals surface area contributed by atoms with E-state index in [1.807, 2.05) is 31.2 Å². The molecule has 0 aliphatic heterocycles. The zero-order chi connectivity index (χ0) is 11.3. The highest BCUT2D eigenvalue weighted by molar-refractivity contribution is 5.28. The van der Waals surface area contributed by atoms with Gasteiger partial charge in [-0.3, -0.25) is 0 Å². The fourth-order valence-electron chi connectivity index (χ4n) is 2.02. The van der Waals surface area contributed by atoms with E-state index < -0.39 is 11.3 Å². The molecule has 0 aromatic rings. The maximum atomic E-state index is 9.00. The smallest absolute Gasteiger partial charge is 0.145 e. The standard InChI is InChI=1S/C12H14N2O/c1-3-12(10(8-13)9-14)7-5-4-6-11(12)15-2/h4-7,10-11H,3H2,1-2H3. The van der Waals surface area contributed by atoms with Crippen molar-refractivity contribution in [2.45, 2.75) is 19.4 Å². The number of rotatable bonds is 3. The quantitative estimate of drug-likeness (QED) is 0.704. The summed E-state index contributed by atoms with van der Waals surface area (Å²) in [6.07, 6.45) is 8.08. The molecule has 0 N–H and O–H groups in total. The van der Waals surface area contributed by atoms with Crippen LogP contribution in [0.1, 0.15) is 13.3 Å². The van der Waals surface area contributed by atoms with E-state index in [0.717, 1.165) is 0 Å². The summed E-state index contributed by atoms with van der Waals surface area (Å²) < 4.78 is 5.34. The highest BCUT2D eigenvalue weighted by Gasteiger charge is 2.43. The van der Waals surface area contributed by atoms with E-state index in [-0.39, 0.29) is 6.10 Å². The van der Waals surface area contributed by atoms with Gasteiger partial charge in [0.25, 0.3) is 0 Å². The molecular weight excluding hydrogens is 188 g/mol. The molecule has 0 saturated heterocycles. The molecule has 3 heteroatoms. The normalized spacial score (nSPS) is 28.7. The molecule has 1 aliphatic carbocycles. The lowest BCUT2D eigenvalue weighted by Gasteiger charge is -2.37. The Labute approximate surface area is 90.3 Å². The number of allylic oxidation sites excluding steroid dienone is 2. The number of hydrogen-bond donors (Lipinski definition) is 0. The van der Waals surface area contributed by atoms with Gasteiger partial charge in [-0.2, -0.15) is 10.5 Å². The van der Waals surface area contributed by atoms with Gasteiger partial charge in [-0.15, -0.1) is 0 Å². The molecule has 0 aromatic carbocycles. The first kappa shape index (κ1) is 11.5. The molecule has 3 nitrogen and oxygen atoms in total. The summed E-state index contributed by atoms with van der Waals surface area (Å²) in [7, 11) is 1.60. The van der Waals surface area contributed by atoms with Gasteiger partial charge in [0.05, 0.1) is 18.2 Å². The van der Waals surface area contributed by atoms with Gasteiger partial charge in [0, 0.05) is 12.5 Å². The molecule has 0 amide bonds. The van der Waals surface area contributed by atoms with Gasteiger partial charge in [-0.1, -0.05) is 31.2 Å². The predicted molar refractivity (Wildman–Crippen MR) is 56.5 cm³/mol. The minimum atomic E-state index is -0.673. The maximum Gasteiger partial charge on any atom is 0.145 e. The molecule has 2 atom stereocenters. The first-order chi connectivity index (χ1) is 7.25. The lowest BCUT2D eigenvalue weighted by atomic mass is 9.68. The molecule has 0 saturated carbocycles. The Hall–Kier alpha value is -1.58. The van der Waals surface area contributed by atoms with Gasteiger partial charge in [0.2, 0.25) is 0 Å². The molecule has 0 spiro atoms. The van der Waals surface area contributed by atoms with E-state index in [0.29, 0.717) is 6.42 Å². The lowest BCUT2D eigenvalue weighted by Crippen LogP contribution is -2.40. The largest absolute Gasteiger partial charge is 0.376 e. The number of methoxy groups -OCH3 is 1. The zero-order valence-electron chi connectivity index (χ0n) is 8.97. The number of nitriles is 2. The van der Waals surface area contributed by atoms with Gasteiger partial charge in [0.15, 0.2) is 0 Å². The zero-order valence-corrected chi connectivity index (χ0v) is 8.97. The van der Waals surface area contributed by atoms with E-state index in [1.54, 1.807) is 7.11 Å². The average Bonchev–Trinajstić information content (AvgIpc) is 2.31. The van der Waals surface area contributed by atoms with E-state index in [1.165, 1.54) is 0 Å². The topological polar surface area (TPSA) is 56.8 Å². The second-order valence-corrected chi connectivity index (χ2v) is 3.56. The third kappa shape index (κ3) is 1.79. The Balaban J connectivity index is 3.13. The van der Waals surface area contributed by atoms with Crippen LogP contribution in [0.15, 0.2) is 24.3 Å². The SMILES string of the molecule is CCC1(C(C#N)C#N)C=CC=CC1OC. The van der Waals surface area contributed by atoms with Crippen molar-refractivity contribution in [3.8, 4) is 12.1 Å². The van der Waals surface area contributed by atoms with Crippen LogP contribution in [0.3, 0.4) is 0 Å². The summed E-state index contributed by atoms with van der Waals surface area (Å²) in [5.41, 5.74) is -0.507. The van der Waals surface area contributed by atoms with Crippen molar-refractivity contribution in [2.75, 3.05) is 7.11 Å². The molecule has 1 aliphatic rings. The Morgan fingerprint density at radius 3 is 2.53 bits per heavy atom. The van der Waals surface area contributed by atoms with E-state index in [2.05, 4.69) is 12.1 Å². The number of hydrogen-bond acceptors (Lipinski definition) is 3. The Kier molecular flexibility index (Phi) is 3.66. The van der Waals surface area contributed by atoms with Crippen LogP contribution in [0.2, 0.25) is 0 Å². The van der Waals surface area contributed by atoms with Crippen LogP contribution in [-0.4, -0.2) is 13.2 Å². The van der Waals surface area contributed by atoms with Gasteiger partial charge < -0.3 is 4.74 Å². The van der Waals surface area contributed by atoms with E-state index in [9.17, 15) is 0 Å². The molecule has 0 fully saturated rings. The minimum Gasteiger partial charge on any atom is -0.376 e. The van der Waals surface area contributed by atoms with Crippen LogP contribution >= 0.6 is 0 Å². The van der Waals surface area contributed by atoms with Crippen molar-refractivity contribution < 1.29 is 4.74 Å². The summed E-state index contributed by atoms with van der Waals surface area (Å²) in [5, 5.41) is 18.0. The van der Waals surface area contributed by atoms with Crippen LogP contribution < -0.4 is 0 Å². The fourth-order valence-corrected chi connectivity index (χ4v) is 2.02. The molecular formula is C12H14N2O. The van der Waals surface area contributed by atoms with Crippen molar-refractivity contribution in [3.05, 3.63) is 24.3 Å². The first-order valence-electron chi connectivity index (χ1n) is 4.93. The van der Waals surface area contributed by atoms with Gasteiger partial charge in [-0.25, -0.2) is 0 Å². The van der Waals surface area contributed by atoms with Crippen molar-refractivity contribution in [2.24, 2.45) is 11.3 Å². The summed E-state index contributed by atoms with van der Waals surface area (Å²) >= 11 is 0. The van der Waals surface area contributed by atoms with Crippen molar-refractivity contribution >= 4 is 0 Å². The molecule has 78 valence electrons. The fraction of sp³-hybridized carbons (Fsp3) is 0.500. The molecule has 0 aromatic heterocycles. The van der Waals surface area contributed by atoms with E-state index in [4.69, 9.17) is 15.3 Å². The number of nitrogens with zero attached hydrogens (tertiary/aromatic N) is 2. The second kappa shape index (κ2) is 4.77. The first-order valence-corrected chi connectivity index (χ1v) is 4.93. The third-order valence-electron chi connectivity index (χ3n) is 3.00. The van der Waals surface area contributed by atoms with Crippen molar-refractivity contribution in [1.82, 2.24) is 0 Å². The Morgan fingerprint density at radius 1 is 1.40 bits per heavy atom. The predicted octanol–water partition coefficient (Wildman–Crippen LogP) is 2.19. The second-order valence-electron chi connectivity index (χ2n) is 3.56. The summed E-state index contributed by atoms with van der Waals surface area (Å²) in [6, 6.07) is 4.10. The molecule has 1 rings (SSSR count). The van der Waals surface area contributed by atoms with Crippen molar-refractivity contribution in [1.29, 1.82) is 10.5 Å². The molecule has 2 unspecified atom stereocenters. The van der Waals surface area contributed by atoms with E-state index >= 15 is 0 Å². The monoisotopic (exact) mass is 202 g/mol. The van der Waals surface area contributed by atoms with Gasteiger partial charge in [0.1, 0.15) is 5.92 Å². The summed E-state index contributed by atoms with van der Waals surface area (Å²) in [4.78, 5) is 0. The van der Waals surface area contributed by atoms with Gasteiger partial charge in [-0.05, 0) is 6.42 Å². The Bertz CT molecular complexity index is 345.